The summed E-state index contributed by atoms with van der Waals surface area (Å²) in [6, 6.07) is 0. The summed E-state index contributed by atoms with van der Waals surface area (Å²) in [6.07, 6.45) is 5.72. The van der Waals surface area contributed by atoms with Gasteiger partial charge in [0, 0.05) is 5.92 Å². The van der Waals surface area contributed by atoms with Crippen molar-refractivity contribution in [1.29, 1.82) is 0 Å². The molecule has 0 bridgehead atoms. The quantitative estimate of drug-likeness (QED) is 0.825. The molecule has 0 saturated carbocycles. The molecule has 0 fully saturated rings. The van der Waals surface area contributed by atoms with Crippen LogP contribution >= 0.6 is 12.4 Å². The van der Waals surface area contributed by atoms with Crippen LogP contribution in [0.4, 0.5) is 0 Å². The van der Waals surface area contributed by atoms with Crippen LogP contribution in [0.15, 0.2) is 10.8 Å². The van der Waals surface area contributed by atoms with E-state index in [0.29, 0.717) is 5.92 Å². The van der Waals surface area contributed by atoms with E-state index in [1.807, 2.05) is 0 Å². The smallest absolute Gasteiger partial charge is 0.179 e. The monoisotopic (exact) mass is 219 g/mol. The minimum absolute atomic E-state index is 0. The van der Waals surface area contributed by atoms with E-state index in [4.69, 9.17) is 4.52 Å². The van der Waals surface area contributed by atoms with Crippen molar-refractivity contribution in [3.05, 3.63) is 12.0 Å². The van der Waals surface area contributed by atoms with Gasteiger partial charge >= 0.3 is 0 Å². The Kier molecular flexibility index (Phi) is 6.37. The summed E-state index contributed by atoms with van der Waals surface area (Å²) >= 11 is 0. The molecular formula is C10H18ClNO2. The predicted octanol–water partition coefficient (Wildman–Crippen LogP) is 3.49. The van der Waals surface area contributed by atoms with E-state index < -0.39 is 0 Å². The molecule has 1 rings (SSSR count). The summed E-state index contributed by atoms with van der Waals surface area (Å²) in [5, 5.41) is 13.2. The minimum atomic E-state index is 0. The Bertz CT molecular complexity index is 250. The van der Waals surface area contributed by atoms with Crippen LogP contribution in [0.5, 0.6) is 5.75 Å². The van der Waals surface area contributed by atoms with Gasteiger partial charge in [0.25, 0.3) is 0 Å². The van der Waals surface area contributed by atoms with Gasteiger partial charge in [-0.25, -0.2) is 0 Å². The second kappa shape index (κ2) is 6.71. The second-order valence-electron chi connectivity index (χ2n) is 3.33. The van der Waals surface area contributed by atoms with E-state index in [2.05, 4.69) is 19.0 Å². The summed E-state index contributed by atoms with van der Waals surface area (Å²) in [4.78, 5) is 0. The Balaban J connectivity index is 0.00000169. The molecule has 3 nitrogen and oxygen atoms in total. The first kappa shape index (κ1) is 13.3. The van der Waals surface area contributed by atoms with Gasteiger partial charge in [-0.1, -0.05) is 31.8 Å². The number of rotatable bonds is 5. The van der Waals surface area contributed by atoms with Crippen LogP contribution in [-0.2, 0) is 0 Å². The molecule has 1 atom stereocenters. The lowest BCUT2D eigenvalue weighted by atomic mass is 9.96. The van der Waals surface area contributed by atoms with Gasteiger partial charge in [0.05, 0.1) is 0 Å². The number of aromatic nitrogens is 1. The minimum Gasteiger partial charge on any atom is -0.503 e. The van der Waals surface area contributed by atoms with Crippen molar-refractivity contribution < 1.29 is 9.63 Å². The highest BCUT2D eigenvalue weighted by Crippen LogP contribution is 2.30. The molecule has 4 heteroatoms. The Labute approximate surface area is 90.9 Å². The third-order valence-corrected chi connectivity index (χ3v) is 2.36. The molecule has 0 aliphatic heterocycles. The molecule has 1 aromatic rings. The predicted molar refractivity (Wildman–Crippen MR) is 58.0 cm³/mol. The second-order valence-corrected chi connectivity index (χ2v) is 3.33. The molecule has 0 aliphatic rings. The van der Waals surface area contributed by atoms with E-state index in [-0.39, 0.29) is 18.2 Å². The van der Waals surface area contributed by atoms with Crippen LogP contribution in [-0.4, -0.2) is 10.3 Å². The zero-order valence-electron chi connectivity index (χ0n) is 8.69. The molecule has 0 aliphatic carbocycles. The van der Waals surface area contributed by atoms with Crippen LogP contribution in [0, 0.1) is 0 Å². The van der Waals surface area contributed by atoms with E-state index in [0.717, 1.165) is 18.5 Å². The molecule has 1 aromatic heterocycles. The van der Waals surface area contributed by atoms with Crippen molar-refractivity contribution >= 4 is 12.4 Å². The molecule has 1 N–H and O–H groups in total. The first-order chi connectivity index (χ1) is 6.29. The maximum absolute atomic E-state index is 9.40. The molecule has 14 heavy (non-hydrogen) atoms. The summed E-state index contributed by atoms with van der Waals surface area (Å²) in [5.41, 5.74) is 0.718. The number of halogens is 1. The van der Waals surface area contributed by atoms with E-state index in [1.54, 1.807) is 0 Å². The van der Waals surface area contributed by atoms with E-state index >= 15 is 0 Å². The van der Waals surface area contributed by atoms with E-state index in [1.165, 1.54) is 19.1 Å². The van der Waals surface area contributed by atoms with Gasteiger partial charge in [-0.05, 0) is 12.8 Å². The van der Waals surface area contributed by atoms with Crippen molar-refractivity contribution in [3.8, 4) is 5.75 Å². The lowest BCUT2D eigenvalue weighted by Gasteiger charge is -2.10. The fraction of sp³-hybridized carbons (Fsp3) is 0.700. The zero-order chi connectivity index (χ0) is 9.68. The summed E-state index contributed by atoms with van der Waals surface area (Å²) < 4.78 is 4.71. The summed E-state index contributed by atoms with van der Waals surface area (Å²) in [6.45, 7) is 4.27. The van der Waals surface area contributed by atoms with Gasteiger partial charge in [-0.2, -0.15) is 0 Å². The van der Waals surface area contributed by atoms with Crippen LogP contribution in [0.1, 0.15) is 51.1 Å². The largest absolute Gasteiger partial charge is 0.503 e. The van der Waals surface area contributed by atoms with Gasteiger partial charge in [-0.3, -0.25) is 0 Å². The molecule has 82 valence electrons. The Morgan fingerprint density at radius 2 is 2.21 bits per heavy atom. The van der Waals surface area contributed by atoms with Gasteiger partial charge in [-0.15, -0.1) is 12.4 Å². The number of nitrogens with zero attached hydrogens (tertiary/aromatic N) is 1. The van der Waals surface area contributed by atoms with Crippen LogP contribution < -0.4 is 0 Å². The summed E-state index contributed by atoms with van der Waals surface area (Å²) in [5.74, 6) is 0.543. The topological polar surface area (TPSA) is 46.3 Å². The van der Waals surface area contributed by atoms with Crippen molar-refractivity contribution in [2.75, 3.05) is 0 Å². The van der Waals surface area contributed by atoms with Crippen LogP contribution in [0.2, 0.25) is 0 Å². The van der Waals surface area contributed by atoms with Crippen molar-refractivity contribution in [2.24, 2.45) is 0 Å². The van der Waals surface area contributed by atoms with Gasteiger partial charge < -0.3 is 9.63 Å². The SMILES string of the molecule is CCCCC(CC)c1nocc1O.Cl. The Morgan fingerprint density at radius 1 is 1.50 bits per heavy atom. The maximum atomic E-state index is 9.40. The molecule has 0 radical (unpaired) electrons. The molecule has 1 unspecified atom stereocenters. The highest BCUT2D eigenvalue weighted by Gasteiger charge is 2.16. The molecular weight excluding hydrogens is 202 g/mol. The van der Waals surface area contributed by atoms with Crippen LogP contribution in [0.3, 0.4) is 0 Å². The molecule has 0 amide bonds. The fourth-order valence-corrected chi connectivity index (χ4v) is 1.51. The Hall–Kier alpha value is -0.700. The lowest BCUT2D eigenvalue weighted by molar-refractivity contribution is 0.397. The van der Waals surface area contributed by atoms with Crippen molar-refractivity contribution in [1.82, 2.24) is 5.16 Å². The standard InChI is InChI=1S/C10H17NO2.ClH/c1-3-5-6-8(4-2)10-9(12)7-13-11-10;/h7-8,12H,3-6H2,1-2H3;1H. The number of aromatic hydroxyl groups is 1. The number of hydrogen-bond acceptors (Lipinski definition) is 3. The third-order valence-electron chi connectivity index (χ3n) is 2.36. The van der Waals surface area contributed by atoms with E-state index in [9.17, 15) is 5.11 Å². The van der Waals surface area contributed by atoms with Crippen molar-refractivity contribution in [3.63, 3.8) is 0 Å². The molecule has 1 heterocycles. The van der Waals surface area contributed by atoms with Crippen molar-refractivity contribution in [2.45, 2.75) is 45.4 Å². The number of unbranched alkanes of at least 4 members (excludes halogenated alkanes) is 1. The van der Waals surface area contributed by atoms with Gasteiger partial charge in [0.1, 0.15) is 5.69 Å². The lowest BCUT2D eigenvalue weighted by Crippen LogP contribution is -1.97. The average Bonchev–Trinajstić information content (AvgIpc) is 2.54. The van der Waals surface area contributed by atoms with Gasteiger partial charge in [0.2, 0.25) is 0 Å². The number of hydrogen-bond donors (Lipinski definition) is 1. The molecule has 0 aromatic carbocycles. The third kappa shape index (κ3) is 3.22. The van der Waals surface area contributed by atoms with Gasteiger partial charge in [0.15, 0.2) is 12.0 Å². The highest BCUT2D eigenvalue weighted by atomic mass is 35.5. The highest BCUT2D eigenvalue weighted by molar-refractivity contribution is 5.85. The Morgan fingerprint density at radius 3 is 2.64 bits per heavy atom. The normalized spacial score (nSPS) is 12.1. The molecule has 0 spiro atoms. The maximum Gasteiger partial charge on any atom is 0.179 e. The zero-order valence-corrected chi connectivity index (χ0v) is 9.51. The average molecular weight is 220 g/mol. The first-order valence-corrected chi connectivity index (χ1v) is 4.92. The molecule has 0 saturated heterocycles. The first-order valence-electron chi connectivity index (χ1n) is 4.92. The van der Waals surface area contributed by atoms with Crippen LogP contribution in [0.25, 0.3) is 0 Å². The fourth-order valence-electron chi connectivity index (χ4n) is 1.51. The summed E-state index contributed by atoms with van der Waals surface area (Å²) in [7, 11) is 0.